The SMILES string of the molecule is CC(C)CCCN1CCOCC1.CC(C)CCN1CCOCC1.CCCC(C)C. The molecule has 2 aliphatic rings. The molecule has 2 aliphatic heterocycles. The molecule has 0 unspecified atom stereocenters. The largest absolute Gasteiger partial charge is 0.379 e. The van der Waals surface area contributed by atoms with Crippen LogP contribution in [0.1, 0.15) is 80.6 Å². The van der Waals surface area contributed by atoms with Crippen LogP contribution in [0, 0.1) is 17.8 Å². The summed E-state index contributed by atoms with van der Waals surface area (Å²) in [4.78, 5) is 5.00. The van der Waals surface area contributed by atoms with Crippen LogP contribution in [-0.2, 0) is 9.47 Å². The van der Waals surface area contributed by atoms with Crippen LogP contribution in [0.5, 0.6) is 0 Å². The van der Waals surface area contributed by atoms with Crippen LogP contribution in [0.2, 0.25) is 0 Å². The van der Waals surface area contributed by atoms with E-state index in [2.05, 4.69) is 58.3 Å². The van der Waals surface area contributed by atoms with E-state index in [1.165, 1.54) is 45.2 Å². The second-order valence-corrected chi connectivity index (χ2v) is 9.81. The molecular formula is C25H54N2O2. The Bertz CT molecular complexity index is 323. The first-order chi connectivity index (χ1) is 13.8. The molecule has 0 aromatic heterocycles. The van der Waals surface area contributed by atoms with E-state index in [0.29, 0.717) is 0 Å². The number of ether oxygens (including phenoxy) is 2. The molecule has 0 spiro atoms. The van der Waals surface area contributed by atoms with E-state index in [-0.39, 0.29) is 0 Å². The van der Waals surface area contributed by atoms with Gasteiger partial charge >= 0.3 is 0 Å². The van der Waals surface area contributed by atoms with Crippen molar-refractivity contribution in [3.8, 4) is 0 Å². The first-order valence-electron chi connectivity index (χ1n) is 12.4. The lowest BCUT2D eigenvalue weighted by Gasteiger charge is -2.26. The maximum Gasteiger partial charge on any atom is 0.0594 e. The number of rotatable bonds is 9. The van der Waals surface area contributed by atoms with Crippen LogP contribution >= 0.6 is 0 Å². The molecule has 0 aliphatic carbocycles. The van der Waals surface area contributed by atoms with E-state index in [1.54, 1.807) is 0 Å². The van der Waals surface area contributed by atoms with Crippen molar-refractivity contribution in [1.82, 2.24) is 9.80 Å². The third-order valence-corrected chi connectivity index (χ3v) is 5.35. The van der Waals surface area contributed by atoms with E-state index >= 15 is 0 Å². The standard InChI is InChI=1S/C10H21NO.C9H19NO.C6H14/c1-10(2)4-3-5-11-6-8-12-9-7-11;1-9(2)3-4-10-5-7-11-8-6-10;1-4-5-6(2)3/h10H,3-9H2,1-2H3;9H,3-8H2,1-2H3;6H,4-5H2,1-3H3. The third-order valence-electron chi connectivity index (χ3n) is 5.35. The molecule has 0 amide bonds. The topological polar surface area (TPSA) is 24.9 Å². The molecule has 176 valence electrons. The lowest BCUT2D eigenvalue weighted by molar-refractivity contribution is 0.0360. The molecule has 0 aromatic rings. The van der Waals surface area contributed by atoms with Crippen LogP contribution in [0.3, 0.4) is 0 Å². The Kier molecular flexibility index (Phi) is 19.7. The molecule has 4 nitrogen and oxygen atoms in total. The highest BCUT2D eigenvalue weighted by atomic mass is 16.5. The maximum atomic E-state index is 5.29. The van der Waals surface area contributed by atoms with Gasteiger partial charge in [0.1, 0.15) is 0 Å². The van der Waals surface area contributed by atoms with E-state index in [9.17, 15) is 0 Å². The molecule has 0 bridgehead atoms. The summed E-state index contributed by atoms with van der Waals surface area (Å²) >= 11 is 0. The fourth-order valence-corrected chi connectivity index (χ4v) is 3.39. The minimum atomic E-state index is 0.831. The highest BCUT2D eigenvalue weighted by Gasteiger charge is 2.10. The zero-order valence-corrected chi connectivity index (χ0v) is 21.0. The summed E-state index contributed by atoms with van der Waals surface area (Å²) < 4.78 is 10.6. The molecule has 0 atom stereocenters. The van der Waals surface area contributed by atoms with Crippen LogP contribution in [-0.4, -0.2) is 75.5 Å². The smallest absolute Gasteiger partial charge is 0.0594 e. The Morgan fingerprint density at radius 1 is 0.586 bits per heavy atom. The quantitative estimate of drug-likeness (QED) is 0.493. The van der Waals surface area contributed by atoms with Crippen LogP contribution in [0.4, 0.5) is 0 Å². The number of hydrogen-bond donors (Lipinski definition) is 0. The van der Waals surface area contributed by atoms with Gasteiger partial charge < -0.3 is 9.47 Å². The molecule has 0 saturated carbocycles. The second-order valence-electron chi connectivity index (χ2n) is 9.81. The summed E-state index contributed by atoms with van der Waals surface area (Å²) in [5.74, 6) is 2.58. The van der Waals surface area contributed by atoms with Crippen molar-refractivity contribution in [3.63, 3.8) is 0 Å². The van der Waals surface area contributed by atoms with Gasteiger partial charge in [-0.3, -0.25) is 9.80 Å². The van der Waals surface area contributed by atoms with Gasteiger partial charge in [-0.2, -0.15) is 0 Å². The molecule has 2 heterocycles. The molecule has 2 rings (SSSR count). The summed E-state index contributed by atoms with van der Waals surface area (Å²) in [5, 5.41) is 0. The normalized spacial score (nSPS) is 18.4. The molecular weight excluding hydrogens is 360 g/mol. The predicted molar refractivity (Wildman–Crippen MR) is 128 cm³/mol. The minimum Gasteiger partial charge on any atom is -0.379 e. The van der Waals surface area contributed by atoms with Gasteiger partial charge in [0.25, 0.3) is 0 Å². The maximum absolute atomic E-state index is 5.29. The summed E-state index contributed by atoms with van der Waals surface area (Å²) in [6.45, 7) is 26.6. The average molecular weight is 415 g/mol. The van der Waals surface area contributed by atoms with Gasteiger partial charge in [-0.15, -0.1) is 0 Å². The van der Waals surface area contributed by atoms with Gasteiger partial charge in [0.2, 0.25) is 0 Å². The molecule has 0 N–H and O–H groups in total. The second kappa shape index (κ2) is 19.8. The molecule has 4 heteroatoms. The molecule has 2 fully saturated rings. The lowest BCUT2D eigenvalue weighted by Crippen LogP contribution is -2.37. The first-order valence-corrected chi connectivity index (χ1v) is 12.4. The van der Waals surface area contributed by atoms with Crippen LogP contribution < -0.4 is 0 Å². The Labute approximate surface area is 183 Å². The minimum absolute atomic E-state index is 0.831. The summed E-state index contributed by atoms with van der Waals surface area (Å²) in [6, 6.07) is 0. The van der Waals surface area contributed by atoms with Crippen molar-refractivity contribution in [3.05, 3.63) is 0 Å². The Balaban J connectivity index is 0.000000430. The van der Waals surface area contributed by atoms with Crippen molar-refractivity contribution in [2.75, 3.05) is 65.7 Å². The molecule has 0 radical (unpaired) electrons. The first kappa shape index (κ1) is 28.8. The van der Waals surface area contributed by atoms with E-state index < -0.39 is 0 Å². The van der Waals surface area contributed by atoms with Crippen molar-refractivity contribution in [2.45, 2.75) is 80.6 Å². The van der Waals surface area contributed by atoms with E-state index in [1.807, 2.05) is 0 Å². The van der Waals surface area contributed by atoms with Gasteiger partial charge in [0.15, 0.2) is 0 Å². The fourth-order valence-electron chi connectivity index (χ4n) is 3.39. The monoisotopic (exact) mass is 414 g/mol. The number of morpholine rings is 2. The predicted octanol–water partition coefficient (Wildman–Crippen LogP) is 5.56. The van der Waals surface area contributed by atoms with Crippen molar-refractivity contribution in [1.29, 1.82) is 0 Å². The van der Waals surface area contributed by atoms with Gasteiger partial charge in [-0.25, -0.2) is 0 Å². The Morgan fingerprint density at radius 2 is 1.00 bits per heavy atom. The number of hydrogen-bond acceptors (Lipinski definition) is 4. The van der Waals surface area contributed by atoms with Crippen molar-refractivity contribution >= 4 is 0 Å². The summed E-state index contributed by atoms with van der Waals surface area (Å²) in [7, 11) is 0. The van der Waals surface area contributed by atoms with Crippen molar-refractivity contribution < 1.29 is 9.47 Å². The van der Waals surface area contributed by atoms with Gasteiger partial charge in [0, 0.05) is 26.2 Å². The zero-order chi connectivity index (χ0) is 21.9. The molecule has 29 heavy (non-hydrogen) atoms. The van der Waals surface area contributed by atoms with Gasteiger partial charge in [-0.1, -0.05) is 61.3 Å². The average Bonchev–Trinajstić information content (AvgIpc) is 2.69. The van der Waals surface area contributed by atoms with Crippen LogP contribution in [0.25, 0.3) is 0 Å². The van der Waals surface area contributed by atoms with E-state index in [4.69, 9.17) is 9.47 Å². The van der Waals surface area contributed by atoms with Crippen molar-refractivity contribution in [2.24, 2.45) is 17.8 Å². The fraction of sp³-hybridized carbons (Fsp3) is 1.00. The zero-order valence-electron chi connectivity index (χ0n) is 21.0. The Hall–Kier alpha value is -0.160. The van der Waals surface area contributed by atoms with E-state index in [0.717, 1.165) is 70.4 Å². The Morgan fingerprint density at radius 3 is 1.34 bits per heavy atom. The molecule has 2 saturated heterocycles. The van der Waals surface area contributed by atoms with Gasteiger partial charge in [0.05, 0.1) is 26.4 Å². The summed E-state index contributed by atoms with van der Waals surface area (Å²) in [5.41, 5.74) is 0. The van der Waals surface area contributed by atoms with Crippen LogP contribution in [0.15, 0.2) is 0 Å². The highest BCUT2D eigenvalue weighted by molar-refractivity contribution is 4.63. The number of nitrogens with zero attached hydrogens (tertiary/aromatic N) is 2. The summed E-state index contributed by atoms with van der Waals surface area (Å²) in [6.07, 6.45) is 6.73. The van der Waals surface area contributed by atoms with Gasteiger partial charge in [-0.05, 0) is 50.1 Å². The molecule has 0 aromatic carbocycles. The highest BCUT2D eigenvalue weighted by Crippen LogP contribution is 2.06. The lowest BCUT2D eigenvalue weighted by atomic mass is 10.1. The third kappa shape index (κ3) is 20.9.